The van der Waals surface area contributed by atoms with E-state index in [0.29, 0.717) is 0 Å². The smallest absolute Gasteiger partial charge is 0.345 e. The highest BCUT2D eigenvalue weighted by Gasteiger charge is 2.18. The maximum absolute atomic E-state index is 11.2. The van der Waals surface area contributed by atoms with Gasteiger partial charge in [0, 0.05) is 0 Å². The van der Waals surface area contributed by atoms with Crippen molar-refractivity contribution in [3.63, 3.8) is 0 Å². The molecule has 0 aliphatic rings. The van der Waals surface area contributed by atoms with Crippen LogP contribution in [0.15, 0.2) is 23.9 Å². The summed E-state index contributed by atoms with van der Waals surface area (Å²) >= 11 is 0. The summed E-state index contributed by atoms with van der Waals surface area (Å²) in [4.78, 5) is 23.4. The van der Waals surface area contributed by atoms with Gasteiger partial charge in [-0.15, -0.1) is 0 Å². The Balaban J connectivity index is 4.78. The Kier molecular flexibility index (Phi) is 6.05. The predicted molar refractivity (Wildman–Crippen MR) is 54.1 cm³/mol. The van der Waals surface area contributed by atoms with Crippen molar-refractivity contribution < 1.29 is 24.0 Å². The van der Waals surface area contributed by atoms with Crippen LogP contribution in [-0.4, -0.2) is 40.3 Å². The fraction of sp³-hybridized carbons (Fsp3) is 0.400. The molecular formula is C10H16NO4+. The minimum atomic E-state index is -0.708. The fourth-order valence-corrected chi connectivity index (χ4v) is 0.776. The Morgan fingerprint density at radius 2 is 1.53 bits per heavy atom. The standard InChI is InChI=1S/C10H15NO4/c1-11(2)7-5-6-8(9(12)14-3)10(13)15-4/h5-7H,1-4H3/p+1/b7-5+. The van der Waals surface area contributed by atoms with Gasteiger partial charge in [0.15, 0.2) is 0 Å². The molecule has 0 unspecified atom stereocenters. The lowest BCUT2D eigenvalue weighted by Crippen LogP contribution is -3.00. The first-order valence-electron chi connectivity index (χ1n) is 4.38. The first-order chi connectivity index (χ1) is 7.02. The maximum Gasteiger partial charge on any atom is 0.345 e. The molecule has 0 saturated carbocycles. The molecule has 0 fully saturated rings. The summed E-state index contributed by atoms with van der Waals surface area (Å²) in [5.74, 6) is -1.42. The number of nitrogens with one attached hydrogen (secondary N) is 1. The van der Waals surface area contributed by atoms with Gasteiger partial charge in [0.05, 0.1) is 34.5 Å². The number of esters is 2. The highest BCUT2D eigenvalue weighted by molar-refractivity contribution is 6.14. The van der Waals surface area contributed by atoms with Crippen LogP contribution in [0.3, 0.4) is 0 Å². The minimum absolute atomic E-state index is 0.127. The van der Waals surface area contributed by atoms with Crippen LogP contribution in [0.1, 0.15) is 0 Å². The van der Waals surface area contributed by atoms with Crippen molar-refractivity contribution in [1.29, 1.82) is 0 Å². The maximum atomic E-state index is 11.2. The average Bonchev–Trinajstić information content (AvgIpc) is 2.22. The highest BCUT2D eigenvalue weighted by atomic mass is 16.5. The lowest BCUT2D eigenvalue weighted by atomic mass is 10.2. The van der Waals surface area contributed by atoms with Gasteiger partial charge in [-0.25, -0.2) is 9.59 Å². The van der Waals surface area contributed by atoms with Crippen LogP contribution in [0.5, 0.6) is 0 Å². The second kappa shape index (κ2) is 6.78. The van der Waals surface area contributed by atoms with E-state index in [-0.39, 0.29) is 5.57 Å². The summed E-state index contributed by atoms with van der Waals surface area (Å²) in [5.41, 5.74) is -0.127. The van der Waals surface area contributed by atoms with E-state index < -0.39 is 11.9 Å². The van der Waals surface area contributed by atoms with E-state index in [2.05, 4.69) is 9.47 Å². The number of quaternary nitrogens is 1. The van der Waals surface area contributed by atoms with Gasteiger partial charge in [0.25, 0.3) is 0 Å². The number of hydrogen-bond donors (Lipinski definition) is 1. The zero-order valence-corrected chi connectivity index (χ0v) is 9.37. The molecule has 0 bridgehead atoms. The van der Waals surface area contributed by atoms with Crippen molar-refractivity contribution in [2.75, 3.05) is 28.3 Å². The van der Waals surface area contributed by atoms with E-state index >= 15 is 0 Å². The van der Waals surface area contributed by atoms with Crippen LogP contribution in [0.2, 0.25) is 0 Å². The molecule has 0 amide bonds. The van der Waals surface area contributed by atoms with Gasteiger partial charge < -0.3 is 14.4 Å². The SMILES string of the molecule is COC(=O)C(=C/C=C/[NH+](C)C)C(=O)OC. The van der Waals surface area contributed by atoms with E-state index in [1.807, 2.05) is 14.1 Å². The molecule has 84 valence electrons. The molecule has 15 heavy (non-hydrogen) atoms. The molecule has 0 aliphatic heterocycles. The predicted octanol–water partition coefficient (Wildman–Crippen LogP) is -1.08. The molecule has 0 rings (SSSR count). The molecular weight excluding hydrogens is 198 g/mol. The van der Waals surface area contributed by atoms with Crippen molar-refractivity contribution in [3.05, 3.63) is 23.9 Å². The average molecular weight is 214 g/mol. The Morgan fingerprint density at radius 1 is 1.07 bits per heavy atom. The molecule has 0 aromatic carbocycles. The number of ether oxygens (including phenoxy) is 2. The molecule has 5 nitrogen and oxygen atoms in total. The number of methoxy groups -OCH3 is 2. The van der Waals surface area contributed by atoms with E-state index in [9.17, 15) is 9.59 Å². The molecule has 0 atom stereocenters. The van der Waals surface area contributed by atoms with Crippen LogP contribution in [0.25, 0.3) is 0 Å². The van der Waals surface area contributed by atoms with Crippen LogP contribution in [0.4, 0.5) is 0 Å². The summed E-state index contributed by atoms with van der Waals surface area (Å²) in [6.45, 7) is 0. The molecule has 0 spiro atoms. The molecule has 5 heteroatoms. The van der Waals surface area contributed by atoms with Crippen LogP contribution in [0, 0.1) is 0 Å². The third kappa shape index (κ3) is 4.97. The zero-order chi connectivity index (χ0) is 11.8. The quantitative estimate of drug-likeness (QED) is 0.212. The first kappa shape index (κ1) is 13.4. The Hall–Kier alpha value is -1.62. The molecule has 0 heterocycles. The fourth-order valence-electron chi connectivity index (χ4n) is 0.776. The molecule has 1 N–H and O–H groups in total. The lowest BCUT2D eigenvalue weighted by Gasteiger charge is -2.01. The number of hydrogen-bond acceptors (Lipinski definition) is 4. The second-order valence-corrected chi connectivity index (χ2v) is 3.00. The summed E-state index contributed by atoms with van der Waals surface area (Å²) in [6.07, 6.45) is 4.73. The Morgan fingerprint density at radius 3 is 1.87 bits per heavy atom. The van der Waals surface area contributed by atoms with Gasteiger partial charge in [0.2, 0.25) is 0 Å². The van der Waals surface area contributed by atoms with E-state index in [1.54, 1.807) is 12.3 Å². The van der Waals surface area contributed by atoms with Gasteiger partial charge in [-0.1, -0.05) is 0 Å². The van der Waals surface area contributed by atoms with Crippen molar-refractivity contribution in [1.82, 2.24) is 0 Å². The van der Waals surface area contributed by atoms with Crippen molar-refractivity contribution in [2.45, 2.75) is 0 Å². The van der Waals surface area contributed by atoms with Crippen molar-refractivity contribution in [2.24, 2.45) is 0 Å². The third-order valence-corrected chi connectivity index (χ3v) is 1.50. The molecule has 0 aliphatic carbocycles. The summed E-state index contributed by atoms with van der Waals surface area (Å²) in [7, 11) is 6.22. The topological polar surface area (TPSA) is 57.0 Å². The van der Waals surface area contributed by atoms with Crippen LogP contribution >= 0.6 is 0 Å². The molecule has 0 saturated heterocycles. The van der Waals surface area contributed by atoms with Gasteiger partial charge in [-0.05, 0) is 12.2 Å². The molecule has 0 aromatic heterocycles. The van der Waals surface area contributed by atoms with E-state index in [0.717, 1.165) is 4.90 Å². The molecule has 0 aromatic rings. The van der Waals surface area contributed by atoms with E-state index in [4.69, 9.17) is 0 Å². The normalized spacial score (nSPS) is 10.2. The van der Waals surface area contributed by atoms with Crippen LogP contribution in [-0.2, 0) is 19.1 Å². The van der Waals surface area contributed by atoms with Crippen LogP contribution < -0.4 is 4.90 Å². The lowest BCUT2D eigenvalue weighted by molar-refractivity contribution is -0.801. The van der Waals surface area contributed by atoms with Crippen molar-refractivity contribution in [3.8, 4) is 0 Å². The third-order valence-electron chi connectivity index (χ3n) is 1.50. The second-order valence-electron chi connectivity index (χ2n) is 3.00. The van der Waals surface area contributed by atoms with Gasteiger partial charge in [-0.3, -0.25) is 0 Å². The largest absolute Gasteiger partial charge is 0.465 e. The Labute approximate surface area is 89.0 Å². The molecule has 0 radical (unpaired) electrons. The summed E-state index contributed by atoms with van der Waals surface area (Å²) < 4.78 is 8.89. The summed E-state index contributed by atoms with van der Waals surface area (Å²) in [5, 5.41) is 0. The van der Waals surface area contributed by atoms with Gasteiger partial charge >= 0.3 is 11.9 Å². The van der Waals surface area contributed by atoms with E-state index in [1.165, 1.54) is 20.3 Å². The first-order valence-corrected chi connectivity index (χ1v) is 4.38. The number of carbonyl (C=O) groups is 2. The van der Waals surface area contributed by atoms with Gasteiger partial charge in [0.1, 0.15) is 5.57 Å². The highest BCUT2D eigenvalue weighted by Crippen LogP contribution is 2.00. The van der Waals surface area contributed by atoms with Crippen molar-refractivity contribution >= 4 is 11.9 Å². The number of carbonyl (C=O) groups excluding carboxylic acids is 2. The number of allylic oxidation sites excluding steroid dienone is 2. The zero-order valence-electron chi connectivity index (χ0n) is 9.37. The van der Waals surface area contributed by atoms with Gasteiger partial charge in [-0.2, -0.15) is 0 Å². The summed E-state index contributed by atoms with van der Waals surface area (Å²) in [6, 6.07) is 0. The monoisotopic (exact) mass is 214 g/mol. The number of rotatable bonds is 4. The Bertz CT molecular complexity index is 274. The minimum Gasteiger partial charge on any atom is -0.465 e.